The van der Waals surface area contributed by atoms with Crippen LogP contribution in [0.1, 0.15) is 17.3 Å². The number of hydrogen-bond acceptors (Lipinski definition) is 3. The summed E-state index contributed by atoms with van der Waals surface area (Å²) in [5.74, 6) is -0.625. The number of likely N-dealkylation sites (N-methyl/N-ethyl adjacent to an activating group) is 1. The maximum absolute atomic E-state index is 14.3. The fraction of sp³-hybridized carbons (Fsp3) is 0.250. The molecule has 0 saturated heterocycles. The molecule has 0 aliphatic carbocycles. The number of benzene rings is 1. The van der Waals surface area contributed by atoms with Crippen molar-refractivity contribution in [3.63, 3.8) is 0 Å². The van der Waals surface area contributed by atoms with Gasteiger partial charge in [-0.25, -0.2) is 9.18 Å². The topological polar surface area (TPSA) is 65.5 Å². The average molecular weight is 366 g/mol. The van der Waals surface area contributed by atoms with Crippen molar-refractivity contribution in [2.45, 2.75) is 12.5 Å². The molecule has 1 unspecified atom stereocenters. The van der Waals surface area contributed by atoms with E-state index < -0.39 is 11.9 Å². The summed E-state index contributed by atoms with van der Waals surface area (Å²) >= 11 is 0. The van der Waals surface area contributed by atoms with E-state index in [1.165, 1.54) is 11.0 Å². The number of aromatic nitrogens is 1. The van der Waals surface area contributed by atoms with Crippen molar-refractivity contribution in [3.8, 4) is 0 Å². The predicted molar refractivity (Wildman–Crippen MR) is 97.0 cm³/mol. The zero-order valence-electron chi connectivity index (χ0n) is 14.9. The van der Waals surface area contributed by atoms with E-state index >= 15 is 0 Å². The zero-order chi connectivity index (χ0) is 19.0. The fourth-order valence-electron chi connectivity index (χ4n) is 3.54. The van der Waals surface area contributed by atoms with E-state index in [9.17, 15) is 14.0 Å². The van der Waals surface area contributed by atoms with Crippen LogP contribution in [0.2, 0.25) is 0 Å². The molecule has 138 valence electrons. The van der Waals surface area contributed by atoms with E-state index in [-0.39, 0.29) is 11.9 Å². The minimum atomic E-state index is -0.780. The SMILES string of the molecule is CN1C(=O)NC(c2ccccc2F)C2=C1CN(CCc1ccccn1)C2=O. The number of nitrogens with zero attached hydrogens (tertiary/aromatic N) is 3. The number of hydrogen-bond donors (Lipinski definition) is 1. The third-order valence-corrected chi connectivity index (χ3v) is 5.02. The summed E-state index contributed by atoms with van der Waals surface area (Å²) < 4.78 is 14.3. The summed E-state index contributed by atoms with van der Waals surface area (Å²) in [6, 6.07) is 10.7. The minimum Gasteiger partial charge on any atom is -0.333 e. The molecule has 7 heteroatoms. The molecule has 6 nitrogen and oxygen atoms in total. The van der Waals surface area contributed by atoms with Crippen molar-refractivity contribution >= 4 is 11.9 Å². The number of carbonyl (C=O) groups excluding carboxylic acids is 2. The van der Waals surface area contributed by atoms with Crippen LogP contribution in [0.25, 0.3) is 0 Å². The summed E-state index contributed by atoms with van der Waals surface area (Å²) in [7, 11) is 1.62. The van der Waals surface area contributed by atoms with E-state index in [4.69, 9.17) is 0 Å². The minimum absolute atomic E-state index is 0.180. The number of amides is 3. The second kappa shape index (κ2) is 6.83. The lowest BCUT2D eigenvalue weighted by molar-refractivity contribution is -0.125. The molecule has 4 rings (SSSR count). The molecule has 1 N–H and O–H groups in total. The first-order chi connectivity index (χ1) is 13.1. The van der Waals surface area contributed by atoms with Crippen LogP contribution in [-0.2, 0) is 11.2 Å². The highest BCUT2D eigenvalue weighted by atomic mass is 19.1. The molecule has 3 amide bonds. The molecule has 0 saturated carbocycles. The third kappa shape index (κ3) is 3.05. The van der Waals surface area contributed by atoms with Gasteiger partial charge in [-0.3, -0.25) is 14.7 Å². The van der Waals surface area contributed by atoms with Gasteiger partial charge in [-0.05, 0) is 18.2 Å². The highest BCUT2D eigenvalue weighted by Gasteiger charge is 2.43. The molecule has 27 heavy (non-hydrogen) atoms. The second-order valence-corrected chi connectivity index (χ2v) is 6.62. The first kappa shape index (κ1) is 17.2. The van der Waals surface area contributed by atoms with E-state index in [2.05, 4.69) is 10.3 Å². The number of nitrogens with one attached hydrogen (secondary N) is 1. The van der Waals surface area contributed by atoms with Crippen molar-refractivity contribution in [3.05, 3.63) is 77.0 Å². The molecule has 0 spiro atoms. The maximum atomic E-state index is 14.3. The van der Waals surface area contributed by atoms with Crippen molar-refractivity contribution in [2.75, 3.05) is 20.1 Å². The zero-order valence-corrected chi connectivity index (χ0v) is 14.9. The van der Waals surface area contributed by atoms with Crippen LogP contribution >= 0.6 is 0 Å². The average Bonchev–Trinajstić information content (AvgIpc) is 3.01. The summed E-state index contributed by atoms with van der Waals surface area (Å²) in [6.07, 6.45) is 2.33. The number of halogens is 1. The highest BCUT2D eigenvalue weighted by molar-refractivity contribution is 6.01. The monoisotopic (exact) mass is 366 g/mol. The van der Waals surface area contributed by atoms with Gasteiger partial charge in [0.1, 0.15) is 5.82 Å². The van der Waals surface area contributed by atoms with E-state index in [0.29, 0.717) is 36.3 Å². The molecular weight excluding hydrogens is 347 g/mol. The Labute approximate surface area is 156 Å². The van der Waals surface area contributed by atoms with Crippen LogP contribution in [0.3, 0.4) is 0 Å². The fourth-order valence-corrected chi connectivity index (χ4v) is 3.54. The molecule has 2 aliphatic rings. The number of urea groups is 1. The Morgan fingerprint density at radius 3 is 2.70 bits per heavy atom. The van der Waals surface area contributed by atoms with Gasteiger partial charge in [0.25, 0.3) is 5.91 Å². The summed E-state index contributed by atoms with van der Waals surface area (Å²) in [5.41, 5.74) is 2.25. The summed E-state index contributed by atoms with van der Waals surface area (Å²) in [5, 5.41) is 2.75. The van der Waals surface area contributed by atoms with Crippen molar-refractivity contribution < 1.29 is 14.0 Å². The van der Waals surface area contributed by atoms with Crippen LogP contribution in [0, 0.1) is 5.82 Å². The van der Waals surface area contributed by atoms with Crippen molar-refractivity contribution in [2.24, 2.45) is 0 Å². The Balaban J connectivity index is 1.61. The summed E-state index contributed by atoms with van der Waals surface area (Å²) in [6.45, 7) is 0.810. The van der Waals surface area contributed by atoms with Gasteiger partial charge in [0, 0.05) is 37.5 Å². The molecule has 2 aromatic rings. The van der Waals surface area contributed by atoms with Crippen LogP contribution in [0.4, 0.5) is 9.18 Å². The van der Waals surface area contributed by atoms with Gasteiger partial charge >= 0.3 is 6.03 Å². The van der Waals surface area contributed by atoms with Crippen LogP contribution in [0.15, 0.2) is 59.9 Å². The first-order valence-electron chi connectivity index (χ1n) is 8.77. The molecule has 0 radical (unpaired) electrons. The lowest BCUT2D eigenvalue weighted by atomic mass is 9.95. The predicted octanol–water partition coefficient (Wildman–Crippen LogP) is 2.26. The molecule has 0 fully saturated rings. The largest absolute Gasteiger partial charge is 0.333 e. The third-order valence-electron chi connectivity index (χ3n) is 5.02. The van der Waals surface area contributed by atoms with Crippen LogP contribution in [-0.4, -0.2) is 46.9 Å². The quantitative estimate of drug-likeness (QED) is 0.903. The van der Waals surface area contributed by atoms with Gasteiger partial charge in [-0.2, -0.15) is 0 Å². The lowest BCUT2D eigenvalue weighted by Crippen LogP contribution is -2.45. The van der Waals surface area contributed by atoms with Gasteiger partial charge < -0.3 is 10.2 Å². The Kier molecular flexibility index (Phi) is 4.35. The molecule has 3 heterocycles. The van der Waals surface area contributed by atoms with Gasteiger partial charge in [-0.15, -0.1) is 0 Å². The summed E-state index contributed by atoms with van der Waals surface area (Å²) in [4.78, 5) is 32.8. The number of rotatable bonds is 4. The Morgan fingerprint density at radius 1 is 1.19 bits per heavy atom. The Bertz CT molecular complexity index is 929. The first-order valence-corrected chi connectivity index (χ1v) is 8.77. The van der Waals surface area contributed by atoms with Gasteiger partial charge in [0.2, 0.25) is 0 Å². The van der Waals surface area contributed by atoms with Crippen molar-refractivity contribution in [1.29, 1.82) is 0 Å². The number of carbonyl (C=O) groups is 2. The Hall–Kier alpha value is -3.22. The van der Waals surface area contributed by atoms with Gasteiger partial charge in [0.15, 0.2) is 0 Å². The Morgan fingerprint density at radius 2 is 1.96 bits per heavy atom. The molecule has 1 atom stereocenters. The van der Waals surface area contributed by atoms with Crippen molar-refractivity contribution in [1.82, 2.24) is 20.1 Å². The van der Waals surface area contributed by atoms with Gasteiger partial charge in [-0.1, -0.05) is 24.3 Å². The van der Waals surface area contributed by atoms with Gasteiger partial charge in [0.05, 0.1) is 23.9 Å². The van der Waals surface area contributed by atoms with E-state index in [0.717, 1.165) is 5.69 Å². The molecule has 1 aromatic heterocycles. The lowest BCUT2D eigenvalue weighted by Gasteiger charge is -2.31. The van der Waals surface area contributed by atoms with E-state index in [1.807, 2.05) is 18.2 Å². The number of pyridine rings is 1. The maximum Gasteiger partial charge on any atom is 0.322 e. The standard InChI is InChI=1S/C20H19FN4O2/c1-24-16-12-25(11-9-13-6-4-5-10-22-13)19(26)17(16)18(23-20(24)27)14-7-2-3-8-15(14)21/h2-8,10,18H,9,11-12H2,1H3,(H,23,27). The molecule has 0 bridgehead atoms. The molecule has 1 aromatic carbocycles. The molecule has 2 aliphatic heterocycles. The smallest absolute Gasteiger partial charge is 0.322 e. The highest BCUT2D eigenvalue weighted by Crippen LogP contribution is 2.36. The van der Waals surface area contributed by atoms with Crippen LogP contribution < -0.4 is 5.32 Å². The van der Waals surface area contributed by atoms with E-state index in [1.54, 1.807) is 36.3 Å². The molecular formula is C20H19FN4O2. The normalized spacial score (nSPS) is 19.4. The van der Waals surface area contributed by atoms with Crippen LogP contribution in [0.5, 0.6) is 0 Å². The second-order valence-electron chi connectivity index (χ2n) is 6.62.